The third-order valence-corrected chi connectivity index (χ3v) is 2.35. The normalized spacial score (nSPS) is 13.8. The summed E-state index contributed by atoms with van der Waals surface area (Å²) in [7, 11) is 0. The Morgan fingerprint density at radius 2 is 1.94 bits per heavy atom. The second-order valence-corrected chi connectivity index (χ2v) is 3.42. The number of benzene rings is 1. The molecule has 2 heterocycles. The third-order valence-electron chi connectivity index (χ3n) is 2.35. The molecule has 0 unspecified atom stereocenters. The predicted molar refractivity (Wildman–Crippen MR) is 57.3 cm³/mol. The second-order valence-electron chi connectivity index (χ2n) is 3.42. The lowest BCUT2D eigenvalue weighted by Gasteiger charge is -2.18. The van der Waals surface area contributed by atoms with Gasteiger partial charge in [0.25, 0.3) is 6.01 Å². The van der Waals surface area contributed by atoms with Crippen molar-refractivity contribution in [3.63, 3.8) is 0 Å². The molecule has 82 valence electrons. The molecule has 1 aromatic heterocycles. The Hall–Kier alpha value is -2.17. The van der Waals surface area contributed by atoms with Gasteiger partial charge in [-0.2, -0.15) is 0 Å². The van der Waals surface area contributed by atoms with Crippen LogP contribution in [0.2, 0.25) is 0 Å². The number of aromatic nitrogens is 1. The Bertz CT molecular complexity index is 522. The number of ether oxygens (including phenoxy) is 2. The first-order chi connectivity index (χ1) is 7.83. The fraction of sp³-hybridized carbons (Fsp3) is 0.182. The summed E-state index contributed by atoms with van der Waals surface area (Å²) in [5.74, 6) is 2.09. The molecule has 3 rings (SSSR count). The highest BCUT2D eigenvalue weighted by atomic mass is 16.6. The van der Waals surface area contributed by atoms with E-state index in [1.54, 1.807) is 6.20 Å². The fourth-order valence-corrected chi connectivity index (χ4v) is 1.62. The smallest absolute Gasteiger partial charge is 0.292 e. The van der Waals surface area contributed by atoms with Gasteiger partial charge in [0, 0.05) is 5.56 Å². The first-order valence-electron chi connectivity index (χ1n) is 4.94. The molecule has 1 aromatic carbocycles. The molecule has 1 aliphatic heterocycles. The highest BCUT2D eigenvalue weighted by molar-refractivity contribution is 5.62. The lowest BCUT2D eigenvalue weighted by Crippen LogP contribution is -2.15. The molecule has 0 atom stereocenters. The van der Waals surface area contributed by atoms with E-state index < -0.39 is 0 Å². The van der Waals surface area contributed by atoms with Gasteiger partial charge in [-0.1, -0.05) is 0 Å². The monoisotopic (exact) mass is 218 g/mol. The van der Waals surface area contributed by atoms with Gasteiger partial charge < -0.3 is 19.6 Å². The molecule has 5 nitrogen and oxygen atoms in total. The van der Waals surface area contributed by atoms with Crippen molar-refractivity contribution in [3.8, 4) is 22.8 Å². The van der Waals surface area contributed by atoms with Crippen LogP contribution in [-0.2, 0) is 0 Å². The quantitative estimate of drug-likeness (QED) is 0.788. The van der Waals surface area contributed by atoms with Crippen molar-refractivity contribution >= 4 is 6.01 Å². The molecule has 5 heteroatoms. The number of hydrogen-bond donors (Lipinski definition) is 1. The topological polar surface area (TPSA) is 70.5 Å². The van der Waals surface area contributed by atoms with E-state index in [1.165, 1.54) is 0 Å². The number of oxazole rings is 1. The zero-order valence-corrected chi connectivity index (χ0v) is 8.47. The molecule has 0 radical (unpaired) electrons. The molecule has 0 saturated carbocycles. The van der Waals surface area contributed by atoms with Crippen LogP contribution < -0.4 is 15.2 Å². The van der Waals surface area contributed by atoms with Crippen LogP contribution in [0.5, 0.6) is 11.5 Å². The zero-order chi connectivity index (χ0) is 11.0. The van der Waals surface area contributed by atoms with Gasteiger partial charge in [0.05, 0.1) is 6.20 Å². The highest BCUT2D eigenvalue weighted by Crippen LogP contribution is 2.34. The van der Waals surface area contributed by atoms with Crippen molar-refractivity contribution in [1.82, 2.24) is 4.98 Å². The Labute approximate surface area is 91.8 Å². The van der Waals surface area contributed by atoms with Gasteiger partial charge in [-0.3, -0.25) is 0 Å². The Kier molecular flexibility index (Phi) is 1.96. The van der Waals surface area contributed by atoms with Crippen LogP contribution in [-0.4, -0.2) is 18.2 Å². The van der Waals surface area contributed by atoms with E-state index in [2.05, 4.69) is 4.98 Å². The molecule has 1 aliphatic rings. The van der Waals surface area contributed by atoms with Gasteiger partial charge in [-0.15, -0.1) is 0 Å². The van der Waals surface area contributed by atoms with Gasteiger partial charge in [-0.25, -0.2) is 4.98 Å². The summed E-state index contributed by atoms with van der Waals surface area (Å²) in [5, 5.41) is 0. The summed E-state index contributed by atoms with van der Waals surface area (Å²) in [6, 6.07) is 5.75. The molecule has 0 aliphatic carbocycles. The van der Waals surface area contributed by atoms with Crippen LogP contribution in [0.15, 0.2) is 28.8 Å². The average molecular weight is 218 g/mol. The van der Waals surface area contributed by atoms with E-state index >= 15 is 0 Å². The van der Waals surface area contributed by atoms with Crippen LogP contribution in [0.4, 0.5) is 6.01 Å². The molecule has 2 aromatic rings. The maximum absolute atomic E-state index is 5.47. The van der Waals surface area contributed by atoms with Crippen LogP contribution >= 0.6 is 0 Å². The van der Waals surface area contributed by atoms with E-state index in [9.17, 15) is 0 Å². The van der Waals surface area contributed by atoms with Crippen LogP contribution in [0, 0.1) is 0 Å². The van der Waals surface area contributed by atoms with Crippen molar-refractivity contribution in [2.24, 2.45) is 0 Å². The minimum atomic E-state index is 0.157. The van der Waals surface area contributed by atoms with Crippen LogP contribution in [0.3, 0.4) is 0 Å². The summed E-state index contributed by atoms with van der Waals surface area (Å²) in [5.41, 5.74) is 6.29. The largest absolute Gasteiger partial charge is 0.486 e. The number of nitrogens with zero attached hydrogens (tertiary/aromatic N) is 1. The molecule has 0 saturated heterocycles. The van der Waals surface area contributed by atoms with Crippen molar-refractivity contribution in [3.05, 3.63) is 24.4 Å². The van der Waals surface area contributed by atoms with Gasteiger partial charge >= 0.3 is 0 Å². The molecular weight excluding hydrogens is 208 g/mol. The van der Waals surface area contributed by atoms with Gasteiger partial charge in [-0.05, 0) is 18.2 Å². The lowest BCUT2D eigenvalue weighted by molar-refractivity contribution is 0.171. The van der Waals surface area contributed by atoms with Crippen LogP contribution in [0.1, 0.15) is 0 Å². The number of nitrogen functional groups attached to an aromatic ring is 1. The number of rotatable bonds is 1. The maximum atomic E-state index is 5.47. The summed E-state index contributed by atoms with van der Waals surface area (Å²) in [4.78, 5) is 3.84. The van der Waals surface area contributed by atoms with E-state index in [1.807, 2.05) is 18.2 Å². The fourth-order valence-electron chi connectivity index (χ4n) is 1.62. The van der Waals surface area contributed by atoms with Crippen LogP contribution in [0.25, 0.3) is 11.3 Å². The summed E-state index contributed by atoms with van der Waals surface area (Å²) >= 11 is 0. The van der Waals surface area contributed by atoms with E-state index in [0.29, 0.717) is 19.0 Å². The van der Waals surface area contributed by atoms with E-state index in [0.717, 1.165) is 17.1 Å². The Morgan fingerprint density at radius 1 is 1.12 bits per heavy atom. The average Bonchev–Trinajstić information content (AvgIpc) is 2.75. The zero-order valence-electron chi connectivity index (χ0n) is 8.47. The van der Waals surface area contributed by atoms with Crippen molar-refractivity contribution < 1.29 is 13.9 Å². The lowest BCUT2D eigenvalue weighted by atomic mass is 10.1. The summed E-state index contributed by atoms with van der Waals surface area (Å²) in [6.07, 6.45) is 1.58. The summed E-state index contributed by atoms with van der Waals surface area (Å²) in [6.45, 7) is 1.15. The molecule has 0 fully saturated rings. The Morgan fingerprint density at radius 3 is 2.69 bits per heavy atom. The minimum absolute atomic E-state index is 0.157. The third kappa shape index (κ3) is 1.46. The van der Waals surface area contributed by atoms with E-state index in [4.69, 9.17) is 19.6 Å². The van der Waals surface area contributed by atoms with Crippen molar-refractivity contribution in [1.29, 1.82) is 0 Å². The molecule has 16 heavy (non-hydrogen) atoms. The molecule has 0 spiro atoms. The predicted octanol–water partition coefficient (Wildman–Crippen LogP) is 1.70. The minimum Gasteiger partial charge on any atom is -0.486 e. The first-order valence-corrected chi connectivity index (χ1v) is 4.94. The molecular formula is C11H10N2O3. The highest BCUT2D eigenvalue weighted by Gasteiger charge is 2.13. The second kappa shape index (κ2) is 3.44. The number of anilines is 1. The van der Waals surface area contributed by atoms with Gasteiger partial charge in [0.1, 0.15) is 13.2 Å². The van der Waals surface area contributed by atoms with Gasteiger partial charge in [0.15, 0.2) is 17.3 Å². The molecule has 0 amide bonds. The molecule has 2 N–H and O–H groups in total. The van der Waals surface area contributed by atoms with Crippen molar-refractivity contribution in [2.75, 3.05) is 18.9 Å². The van der Waals surface area contributed by atoms with E-state index in [-0.39, 0.29) is 6.01 Å². The molecule has 0 bridgehead atoms. The first kappa shape index (κ1) is 9.08. The Balaban J connectivity index is 2.02. The SMILES string of the molecule is Nc1ncc(-c2ccc3c(c2)OCCO3)o1. The standard InChI is InChI=1S/C11H10N2O3/c12-11-13-6-10(16-11)7-1-2-8-9(5-7)15-4-3-14-8/h1-2,5-6H,3-4H2,(H2,12,13). The summed E-state index contributed by atoms with van der Waals surface area (Å²) < 4.78 is 16.1. The number of fused-ring (bicyclic) bond motifs is 1. The number of hydrogen-bond acceptors (Lipinski definition) is 5. The van der Waals surface area contributed by atoms with Crippen molar-refractivity contribution in [2.45, 2.75) is 0 Å². The van der Waals surface area contributed by atoms with Gasteiger partial charge in [0.2, 0.25) is 0 Å². The number of nitrogens with two attached hydrogens (primary N) is 1. The maximum Gasteiger partial charge on any atom is 0.292 e.